The van der Waals surface area contributed by atoms with Gasteiger partial charge in [-0.1, -0.05) is 24.3 Å². The van der Waals surface area contributed by atoms with Gasteiger partial charge in [0.05, 0.1) is 13.2 Å². The topological polar surface area (TPSA) is 49.8 Å². The van der Waals surface area contributed by atoms with Crippen LogP contribution in [0.3, 0.4) is 0 Å². The fraction of sp³-hybridized carbons (Fsp3) is 0.409. The number of thioether (sulfide) groups is 1. The van der Waals surface area contributed by atoms with Crippen molar-refractivity contribution in [2.45, 2.75) is 34.8 Å². The van der Waals surface area contributed by atoms with Crippen LogP contribution in [0.1, 0.15) is 40.2 Å². The molecular weight excluding hydrogens is 415 g/mol. The average Bonchev–Trinajstić information content (AvgIpc) is 2.71. The Hall–Kier alpha value is -2.03. The molecule has 2 aliphatic rings. The van der Waals surface area contributed by atoms with Crippen molar-refractivity contribution in [1.29, 1.82) is 0 Å². The fourth-order valence-corrected chi connectivity index (χ4v) is 4.46. The molecule has 2 fully saturated rings. The van der Waals surface area contributed by atoms with E-state index in [9.17, 15) is 23.1 Å². The molecule has 0 spiro atoms. The second kappa shape index (κ2) is 8.24. The highest BCUT2D eigenvalue weighted by molar-refractivity contribution is 8.00. The van der Waals surface area contributed by atoms with Crippen molar-refractivity contribution in [2.24, 2.45) is 0 Å². The molecule has 4 rings (SSSR count). The van der Waals surface area contributed by atoms with Crippen LogP contribution in [0.4, 0.5) is 13.2 Å². The number of piperidine rings is 1. The Kier molecular flexibility index (Phi) is 5.83. The molecule has 1 N–H and O–H groups in total. The number of halogens is 3. The summed E-state index contributed by atoms with van der Waals surface area (Å²) < 4.78 is 42.5. The summed E-state index contributed by atoms with van der Waals surface area (Å²) in [6, 6.07) is 13.5. The van der Waals surface area contributed by atoms with Gasteiger partial charge in [-0.25, -0.2) is 0 Å². The number of rotatable bonds is 4. The van der Waals surface area contributed by atoms with Crippen LogP contribution in [0.5, 0.6) is 0 Å². The number of hydrogen-bond donors (Lipinski definition) is 1. The highest BCUT2D eigenvalue weighted by Gasteiger charge is 2.38. The van der Waals surface area contributed by atoms with E-state index in [0.29, 0.717) is 18.7 Å². The van der Waals surface area contributed by atoms with E-state index in [1.807, 2.05) is 0 Å². The van der Waals surface area contributed by atoms with Gasteiger partial charge in [0, 0.05) is 23.5 Å². The molecule has 4 nitrogen and oxygen atoms in total. The molecule has 2 saturated heterocycles. The molecule has 0 unspecified atom stereocenters. The van der Waals surface area contributed by atoms with Gasteiger partial charge in [0.15, 0.2) is 0 Å². The molecule has 2 aliphatic heterocycles. The first-order valence-corrected chi connectivity index (χ1v) is 10.6. The van der Waals surface area contributed by atoms with Gasteiger partial charge in [-0.05, 0) is 65.9 Å². The van der Waals surface area contributed by atoms with E-state index >= 15 is 0 Å². The van der Waals surface area contributed by atoms with Crippen LogP contribution in [0.25, 0.3) is 0 Å². The van der Waals surface area contributed by atoms with Crippen molar-refractivity contribution >= 4 is 17.7 Å². The molecule has 2 heterocycles. The van der Waals surface area contributed by atoms with Crippen molar-refractivity contribution in [3.63, 3.8) is 0 Å². The number of likely N-dealkylation sites (tertiary alicyclic amines) is 1. The second-order valence-electron chi connectivity index (χ2n) is 7.79. The van der Waals surface area contributed by atoms with Crippen molar-refractivity contribution in [3.8, 4) is 0 Å². The lowest BCUT2D eigenvalue weighted by Crippen LogP contribution is -2.46. The zero-order valence-corrected chi connectivity index (χ0v) is 17.0. The van der Waals surface area contributed by atoms with Gasteiger partial charge in [-0.2, -0.15) is 13.2 Å². The Balaban J connectivity index is 1.33. The normalized spacial score (nSPS) is 19.4. The lowest BCUT2D eigenvalue weighted by molar-refractivity contribution is -0.184. The quantitative estimate of drug-likeness (QED) is 0.714. The number of amides is 1. The number of ether oxygens (including phenoxy) is 1. The van der Waals surface area contributed by atoms with Gasteiger partial charge in [0.2, 0.25) is 0 Å². The van der Waals surface area contributed by atoms with Crippen LogP contribution in [0, 0.1) is 0 Å². The summed E-state index contributed by atoms with van der Waals surface area (Å²) in [7, 11) is 0. The molecule has 0 aromatic heterocycles. The van der Waals surface area contributed by atoms with Crippen molar-refractivity contribution in [2.75, 3.05) is 26.3 Å². The molecule has 2 aromatic rings. The molecule has 30 heavy (non-hydrogen) atoms. The summed E-state index contributed by atoms with van der Waals surface area (Å²) >= 11 is -0.110. The Morgan fingerprint density at radius 3 is 2.13 bits per heavy atom. The van der Waals surface area contributed by atoms with Gasteiger partial charge in [-0.3, -0.25) is 4.79 Å². The number of alkyl halides is 3. The third kappa shape index (κ3) is 4.66. The largest absolute Gasteiger partial charge is 0.446 e. The summed E-state index contributed by atoms with van der Waals surface area (Å²) in [5.74, 6) is 0.183. The summed E-state index contributed by atoms with van der Waals surface area (Å²) in [6.07, 6.45) is 1.54. The van der Waals surface area contributed by atoms with Crippen LogP contribution < -0.4 is 0 Å². The maximum Gasteiger partial charge on any atom is 0.446 e. The number of aliphatic hydroxyl groups is 1. The third-order valence-corrected chi connectivity index (χ3v) is 6.46. The average molecular weight is 437 g/mol. The minimum Gasteiger partial charge on any atom is -0.380 e. The van der Waals surface area contributed by atoms with Gasteiger partial charge < -0.3 is 14.7 Å². The van der Waals surface area contributed by atoms with Crippen molar-refractivity contribution in [1.82, 2.24) is 4.90 Å². The Labute approximate surface area is 177 Å². The fourth-order valence-electron chi connectivity index (χ4n) is 3.93. The number of carbonyl (C=O) groups is 1. The first-order valence-electron chi connectivity index (χ1n) is 9.79. The highest BCUT2D eigenvalue weighted by Crippen LogP contribution is 2.38. The first kappa shape index (κ1) is 21.2. The maximum atomic E-state index is 12.8. The molecule has 8 heteroatoms. The van der Waals surface area contributed by atoms with E-state index in [-0.39, 0.29) is 41.7 Å². The first-order chi connectivity index (χ1) is 14.2. The maximum absolute atomic E-state index is 12.8. The van der Waals surface area contributed by atoms with Crippen molar-refractivity contribution in [3.05, 3.63) is 65.2 Å². The van der Waals surface area contributed by atoms with Crippen LogP contribution in [0.15, 0.2) is 53.4 Å². The lowest BCUT2D eigenvalue weighted by atomic mass is 9.89. The Morgan fingerprint density at radius 1 is 1.03 bits per heavy atom. The molecule has 0 bridgehead atoms. The molecule has 0 atom stereocenters. The lowest BCUT2D eigenvalue weighted by Gasteiger charge is -2.37. The van der Waals surface area contributed by atoms with E-state index in [4.69, 9.17) is 4.74 Å². The number of benzene rings is 2. The minimum atomic E-state index is -4.28. The summed E-state index contributed by atoms with van der Waals surface area (Å²) in [5.41, 5.74) is -2.90. The molecule has 1 amide bonds. The zero-order chi connectivity index (χ0) is 21.4. The monoisotopic (exact) mass is 437 g/mol. The standard InChI is InChI=1S/C22H22F3NO3S/c23-22(24,25)30-19-7-3-15(4-8-19)16-9-11-26(12-10-16)20(27)17-1-5-18(6-2-17)21(28)13-29-14-21/h1-8,16,28H,9-14H2. The highest BCUT2D eigenvalue weighted by atomic mass is 32.2. The molecule has 160 valence electrons. The predicted octanol–water partition coefficient (Wildman–Crippen LogP) is 4.54. The van der Waals surface area contributed by atoms with E-state index in [2.05, 4.69) is 0 Å². The molecule has 0 radical (unpaired) electrons. The van der Waals surface area contributed by atoms with Crippen LogP contribution >= 0.6 is 11.8 Å². The van der Waals surface area contributed by atoms with Crippen LogP contribution in [0.2, 0.25) is 0 Å². The SMILES string of the molecule is O=C(c1ccc(C2(O)COC2)cc1)N1CCC(c2ccc(SC(F)(F)F)cc2)CC1. The number of nitrogens with zero attached hydrogens (tertiary/aromatic N) is 1. The Morgan fingerprint density at radius 2 is 1.63 bits per heavy atom. The summed E-state index contributed by atoms with van der Waals surface area (Å²) in [5, 5.41) is 10.3. The van der Waals surface area contributed by atoms with Crippen molar-refractivity contribution < 1.29 is 27.8 Å². The van der Waals surface area contributed by atoms with E-state index in [0.717, 1.165) is 24.0 Å². The van der Waals surface area contributed by atoms with E-state index in [1.54, 1.807) is 41.3 Å². The van der Waals surface area contributed by atoms with Crippen LogP contribution in [-0.4, -0.2) is 47.7 Å². The molecule has 0 aliphatic carbocycles. The molecule has 0 saturated carbocycles. The van der Waals surface area contributed by atoms with E-state index in [1.165, 1.54) is 12.1 Å². The minimum absolute atomic E-state index is 0.0474. The van der Waals surface area contributed by atoms with E-state index < -0.39 is 11.1 Å². The summed E-state index contributed by atoms with van der Waals surface area (Å²) in [4.78, 5) is 14.8. The zero-order valence-electron chi connectivity index (χ0n) is 16.2. The molecular formula is C22H22F3NO3S. The third-order valence-electron chi connectivity index (χ3n) is 5.72. The second-order valence-corrected chi connectivity index (χ2v) is 8.92. The smallest absolute Gasteiger partial charge is 0.380 e. The van der Waals surface area contributed by atoms with Gasteiger partial charge >= 0.3 is 5.51 Å². The number of hydrogen-bond acceptors (Lipinski definition) is 4. The predicted molar refractivity (Wildman–Crippen MR) is 107 cm³/mol. The van der Waals surface area contributed by atoms with Gasteiger partial charge in [-0.15, -0.1) is 0 Å². The summed E-state index contributed by atoms with van der Waals surface area (Å²) in [6.45, 7) is 1.73. The van der Waals surface area contributed by atoms with Gasteiger partial charge in [0.25, 0.3) is 5.91 Å². The van der Waals surface area contributed by atoms with Gasteiger partial charge in [0.1, 0.15) is 5.60 Å². The Bertz CT molecular complexity index is 887. The molecule has 2 aromatic carbocycles. The van der Waals surface area contributed by atoms with Crippen LogP contribution in [-0.2, 0) is 10.3 Å². The number of carbonyl (C=O) groups excluding carboxylic acids is 1.